The number of rotatable bonds is 3. The highest BCUT2D eigenvalue weighted by Gasteiger charge is 2.30. The van der Waals surface area contributed by atoms with Gasteiger partial charge < -0.3 is 4.84 Å². The Morgan fingerprint density at radius 2 is 1.93 bits per heavy atom. The van der Waals surface area contributed by atoms with E-state index >= 15 is 0 Å². The first-order valence-corrected chi connectivity index (χ1v) is 4.12. The van der Waals surface area contributed by atoms with Gasteiger partial charge in [0.1, 0.15) is 5.82 Å². The molecular formula is C9H9F4NO. The van der Waals surface area contributed by atoms with Crippen LogP contribution >= 0.6 is 0 Å². The van der Waals surface area contributed by atoms with Gasteiger partial charge in [-0.05, 0) is 23.8 Å². The second-order valence-corrected chi connectivity index (χ2v) is 2.92. The molecule has 0 saturated heterocycles. The Kier molecular flexibility index (Phi) is 3.65. The number of benzene rings is 1. The van der Waals surface area contributed by atoms with Crippen LogP contribution in [0.15, 0.2) is 18.2 Å². The van der Waals surface area contributed by atoms with Gasteiger partial charge in [-0.1, -0.05) is 0 Å². The first-order chi connectivity index (χ1) is 6.95. The number of halogens is 4. The van der Waals surface area contributed by atoms with Crippen LogP contribution in [0.3, 0.4) is 0 Å². The second-order valence-electron chi connectivity index (χ2n) is 2.92. The molecule has 0 fully saturated rings. The van der Waals surface area contributed by atoms with E-state index in [1.165, 1.54) is 0 Å². The summed E-state index contributed by atoms with van der Waals surface area (Å²) in [4.78, 5) is 4.18. The fourth-order valence-corrected chi connectivity index (χ4v) is 1.11. The minimum Gasteiger partial charge on any atom is -0.304 e. The van der Waals surface area contributed by atoms with Crippen molar-refractivity contribution in [3.8, 4) is 0 Å². The maximum Gasteiger partial charge on any atom is 0.416 e. The van der Waals surface area contributed by atoms with Gasteiger partial charge in [-0.25, -0.2) is 10.3 Å². The van der Waals surface area contributed by atoms with Crippen LogP contribution in [0.2, 0.25) is 0 Å². The molecule has 0 aliphatic carbocycles. The molecule has 0 radical (unpaired) electrons. The lowest BCUT2D eigenvalue weighted by atomic mass is 10.1. The summed E-state index contributed by atoms with van der Waals surface area (Å²) in [5.74, 6) is 4.01. The van der Waals surface area contributed by atoms with Gasteiger partial charge in [0.15, 0.2) is 0 Å². The van der Waals surface area contributed by atoms with Gasteiger partial charge in [-0.15, -0.1) is 0 Å². The summed E-state index contributed by atoms with van der Waals surface area (Å²) >= 11 is 0. The van der Waals surface area contributed by atoms with E-state index in [0.717, 1.165) is 12.1 Å². The minimum atomic E-state index is -4.47. The van der Waals surface area contributed by atoms with Crippen LogP contribution in [0.4, 0.5) is 17.6 Å². The van der Waals surface area contributed by atoms with Crippen molar-refractivity contribution in [2.45, 2.75) is 12.6 Å². The molecule has 84 valence electrons. The van der Waals surface area contributed by atoms with Crippen molar-refractivity contribution in [2.75, 3.05) is 6.61 Å². The summed E-state index contributed by atoms with van der Waals surface area (Å²) in [7, 11) is 0. The molecule has 0 saturated carbocycles. The maximum atomic E-state index is 13.0. The molecule has 0 aliphatic rings. The average Bonchev–Trinajstić information content (AvgIpc) is 2.15. The van der Waals surface area contributed by atoms with E-state index in [1.807, 2.05) is 0 Å². The van der Waals surface area contributed by atoms with Crippen molar-refractivity contribution in [3.05, 3.63) is 35.1 Å². The van der Waals surface area contributed by atoms with E-state index in [0.29, 0.717) is 6.07 Å². The molecule has 0 spiro atoms. The molecular weight excluding hydrogens is 214 g/mol. The molecule has 2 N–H and O–H groups in total. The molecule has 1 rings (SSSR count). The molecule has 0 bridgehead atoms. The first-order valence-electron chi connectivity index (χ1n) is 4.12. The van der Waals surface area contributed by atoms with Gasteiger partial charge in [-0.2, -0.15) is 13.2 Å². The molecule has 0 aliphatic heterocycles. The molecule has 0 unspecified atom stereocenters. The monoisotopic (exact) mass is 223 g/mol. The Morgan fingerprint density at radius 3 is 2.47 bits per heavy atom. The number of hydrogen-bond acceptors (Lipinski definition) is 2. The quantitative estimate of drug-likeness (QED) is 0.630. The van der Waals surface area contributed by atoms with Crippen LogP contribution in [-0.2, 0) is 17.4 Å². The van der Waals surface area contributed by atoms with E-state index in [1.54, 1.807) is 0 Å². The fourth-order valence-electron chi connectivity index (χ4n) is 1.11. The van der Waals surface area contributed by atoms with E-state index in [4.69, 9.17) is 5.90 Å². The van der Waals surface area contributed by atoms with Crippen LogP contribution in [0.1, 0.15) is 11.1 Å². The van der Waals surface area contributed by atoms with Crippen molar-refractivity contribution in [3.63, 3.8) is 0 Å². The summed E-state index contributed by atoms with van der Waals surface area (Å²) in [6, 6.07) is 2.24. The minimum absolute atomic E-state index is 0.00620. The fraction of sp³-hybridized carbons (Fsp3) is 0.333. The predicted octanol–water partition coefficient (Wildman–Crippen LogP) is 2.28. The Hall–Kier alpha value is -1.14. The maximum absolute atomic E-state index is 13.0. The van der Waals surface area contributed by atoms with Crippen LogP contribution in [-0.4, -0.2) is 6.61 Å². The lowest BCUT2D eigenvalue weighted by Gasteiger charge is -2.09. The number of alkyl halides is 3. The molecule has 1 aromatic rings. The van der Waals surface area contributed by atoms with Gasteiger partial charge in [0.25, 0.3) is 0 Å². The highest BCUT2D eigenvalue weighted by molar-refractivity contribution is 5.27. The number of hydrogen-bond donors (Lipinski definition) is 1. The van der Waals surface area contributed by atoms with Gasteiger partial charge >= 0.3 is 6.18 Å². The Balaban J connectivity index is 2.95. The number of nitrogens with two attached hydrogens (primary N) is 1. The molecule has 2 nitrogen and oxygen atoms in total. The molecule has 0 amide bonds. The third-order valence-corrected chi connectivity index (χ3v) is 1.86. The van der Waals surface area contributed by atoms with Crippen LogP contribution in [0.25, 0.3) is 0 Å². The lowest BCUT2D eigenvalue weighted by molar-refractivity contribution is -0.137. The smallest absolute Gasteiger partial charge is 0.304 e. The average molecular weight is 223 g/mol. The van der Waals surface area contributed by atoms with Crippen molar-refractivity contribution >= 4 is 0 Å². The zero-order valence-electron chi connectivity index (χ0n) is 7.64. The largest absolute Gasteiger partial charge is 0.416 e. The SMILES string of the molecule is NOCCc1cc(C(F)(F)F)ccc1F. The van der Waals surface area contributed by atoms with Gasteiger partial charge in [0, 0.05) is 6.42 Å². The van der Waals surface area contributed by atoms with E-state index < -0.39 is 17.6 Å². The Bertz CT molecular complexity index is 337. The van der Waals surface area contributed by atoms with Crippen molar-refractivity contribution in [1.29, 1.82) is 0 Å². The Morgan fingerprint density at radius 1 is 1.27 bits per heavy atom. The zero-order valence-corrected chi connectivity index (χ0v) is 7.64. The predicted molar refractivity (Wildman–Crippen MR) is 45.2 cm³/mol. The van der Waals surface area contributed by atoms with Crippen molar-refractivity contribution in [2.24, 2.45) is 5.90 Å². The van der Waals surface area contributed by atoms with Gasteiger partial charge in [0.2, 0.25) is 0 Å². The Labute approximate surface area is 83.6 Å². The summed E-state index contributed by atoms with van der Waals surface area (Å²) in [6.45, 7) is -0.0295. The van der Waals surface area contributed by atoms with Crippen LogP contribution < -0.4 is 5.90 Å². The molecule has 6 heteroatoms. The molecule has 0 atom stereocenters. The van der Waals surface area contributed by atoms with Crippen molar-refractivity contribution in [1.82, 2.24) is 0 Å². The molecule has 1 aromatic carbocycles. The normalized spacial score (nSPS) is 11.8. The highest BCUT2D eigenvalue weighted by Crippen LogP contribution is 2.30. The second kappa shape index (κ2) is 4.59. The molecule has 15 heavy (non-hydrogen) atoms. The summed E-state index contributed by atoms with van der Waals surface area (Å²) in [6.07, 6.45) is -4.46. The summed E-state index contributed by atoms with van der Waals surface area (Å²) in [5, 5.41) is 0. The standard InChI is InChI=1S/C9H9F4NO/c10-8-2-1-7(9(11,12)13)5-6(8)3-4-15-14/h1-2,5H,3-4,14H2. The topological polar surface area (TPSA) is 35.2 Å². The third kappa shape index (κ3) is 3.17. The highest BCUT2D eigenvalue weighted by atomic mass is 19.4. The molecule has 0 heterocycles. The summed E-state index contributed by atoms with van der Waals surface area (Å²) < 4.78 is 49.7. The van der Waals surface area contributed by atoms with E-state index in [2.05, 4.69) is 4.84 Å². The van der Waals surface area contributed by atoms with Gasteiger partial charge in [-0.3, -0.25) is 0 Å². The van der Waals surface area contributed by atoms with Crippen LogP contribution in [0, 0.1) is 5.82 Å². The van der Waals surface area contributed by atoms with Gasteiger partial charge in [0.05, 0.1) is 12.2 Å². The van der Waals surface area contributed by atoms with Crippen LogP contribution in [0.5, 0.6) is 0 Å². The third-order valence-electron chi connectivity index (χ3n) is 1.86. The summed E-state index contributed by atoms with van der Waals surface area (Å²) in [5.41, 5.74) is -0.939. The first kappa shape index (κ1) is 11.9. The van der Waals surface area contributed by atoms with E-state index in [-0.39, 0.29) is 18.6 Å². The lowest BCUT2D eigenvalue weighted by Crippen LogP contribution is -2.09. The van der Waals surface area contributed by atoms with Crippen molar-refractivity contribution < 1.29 is 22.4 Å². The zero-order chi connectivity index (χ0) is 11.5. The van der Waals surface area contributed by atoms with E-state index in [9.17, 15) is 17.6 Å². The molecule has 0 aromatic heterocycles.